The van der Waals surface area contributed by atoms with E-state index in [1.807, 2.05) is 44.2 Å². The van der Waals surface area contributed by atoms with Gasteiger partial charge in [-0.05, 0) is 47.8 Å². The van der Waals surface area contributed by atoms with Crippen molar-refractivity contribution in [3.63, 3.8) is 0 Å². The number of carbonyl (C=O) groups excluding carboxylic acids is 2. The van der Waals surface area contributed by atoms with Gasteiger partial charge in [0.1, 0.15) is 6.04 Å². The molecule has 5 nitrogen and oxygen atoms in total. The highest BCUT2D eigenvalue weighted by Crippen LogP contribution is 2.26. The van der Waals surface area contributed by atoms with Crippen LogP contribution in [0, 0.1) is 5.92 Å². The molecule has 0 fully saturated rings. The number of fused-ring (bicyclic) bond motifs is 1. The summed E-state index contributed by atoms with van der Waals surface area (Å²) in [6.45, 7) is 11.7. The maximum Gasteiger partial charge on any atom is 0.247 e. The number of benzene rings is 2. The molecule has 0 saturated carbocycles. The minimum atomic E-state index is -0.493. The summed E-state index contributed by atoms with van der Waals surface area (Å²) in [5, 5.41) is 3.08. The number of carbonyl (C=O) groups is 2. The van der Waals surface area contributed by atoms with E-state index in [1.54, 1.807) is 4.90 Å². The molecule has 31 heavy (non-hydrogen) atoms. The van der Waals surface area contributed by atoms with Crippen molar-refractivity contribution in [2.24, 2.45) is 5.92 Å². The van der Waals surface area contributed by atoms with Crippen molar-refractivity contribution in [3.8, 4) is 0 Å². The molecule has 2 aromatic carbocycles. The highest BCUT2D eigenvalue weighted by Gasteiger charge is 2.34. The van der Waals surface area contributed by atoms with Crippen LogP contribution in [0.3, 0.4) is 0 Å². The topological polar surface area (TPSA) is 52.7 Å². The normalized spacial score (nSPS) is 15.8. The number of nitrogens with zero attached hydrogens (tertiary/aromatic N) is 2. The first-order valence-corrected chi connectivity index (χ1v) is 11.4. The summed E-state index contributed by atoms with van der Waals surface area (Å²) in [6, 6.07) is 15.6. The second-order valence-electron chi connectivity index (χ2n) is 8.76. The molecule has 0 aliphatic carbocycles. The Bertz CT molecular complexity index is 905. The Labute approximate surface area is 186 Å². The minimum absolute atomic E-state index is 0.0416. The predicted molar refractivity (Wildman–Crippen MR) is 126 cm³/mol. The lowest BCUT2D eigenvalue weighted by Gasteiger charge is -2.36. The Balaban J connectivity index is 1.79. The highest BCUT2D eigenvalue weighted by molar-refractivity contribution is 5.97. The zero-order valence-corrected chi connectivity index (χ0v) is 19.2. The first kappa shape index (κ1) is 23.0. The van der Waals surface area contributed by atoms with E-state index in [1.165, 1.54) is 5.56 Å². The van der Waals surface area contributed by atoms with Gasteiger partial charge >= 0.3 is 0 Å². The molecule has 166 valence electrons. The van der Waals surface area contributed by atoms with Crippen LogP contribution in [-0.4, -0.2) is 40.7 Å². The van der Waals surface area contributed by atoms with Crippen molar-refractivity contribution in [2.45, 2.75) is 59.7 Å². The SMILES string of the molecule is CCN(CC)Cc1cccc(NC(=O)C2Cc3ccccc3CN2C(=O)CC(C)C)c1. The third-order valence-electron chi connectivity index (χ3n) is 5.95. The van der Waals surface area contributed by atoms with Crippen LogP contribution in [0.1, 0.15) is 50.8 Å². The van der Waals surface area contributed by atoms with Crippen molar-refractivity contribution in [1.82, 2.24) is 9.80 Å². The fourth-order valence-corrected chi connectivity index (χ4v) is 4.16. The van der Waals surface area contributed by atoms with Gasteiger partial charge in [0.2, 0.25) is 11.8 Å². The Morgan fingerprint density at radius 2 is 1.77 bits per heavy atom. The molecule has 0 spiro atoms. The van der Waals surface area contributed by atoms with Gasteiger partial charge in [0, 0.05) is 31.6 Å². The summed E-state index contributed by atoms with van der Waals surface area (Å²) >= 11 is 0. The number of amides is 2. The lowest BCUT2D eigenvalue weighted by Crippen LogP contribution is -2.50. The molecule has 0 aromatic heterocycles. The maximum atomic E-state index is 13.3. The number of hydrogen-bond donors (Lipinski definition) is 1. The average Bonchev–Trinajstić information content (AvgIpc) is 2.76. The molecule has 1 aliphatic rings. The molecule has 1 heterocycles. The molecule has 1 aliphatic heterocycles. The summed E-state index contributed by atoms with van der Waals surface area (Å²) in [6.07, 6.45) is 0.996. The van der Waals surface area contributed by atoms with Gasteiger partial charge in [-0.25, -0.2) is 0 Å². The van der Waals surface area contributed by atoms with Crippen LogP contribution in [0.4, 0.5) is 5.69 Å². The first-order chi connectivity index (χ1) is 14.9. The molecule has 0 saturated heterocycles. The monoisotopic (exact) mass is 421 g/mol. The Hall–Kier alpha value is -2.66. The number of rotatable bonds is 8. The second kappa shape index (κ2) is 10.6. The minimum Gasteiger partial charge on any atom is -0.326 e. The van der Waals surface area contributed by atoms with Gasteiger partial charge in [0.25, 0.3) is 0 Å². The van der Waals surface area contributed by atoms with E-state index in [-0.39, 0.29) is 17.7 Å². The molecule has 2 amide bonds. The van der Waals surface area contributed by atoms with Crippen LogP contribution in [0.25, 0.3) is 0 Å². The molecule has 2 aromatic rings. The molecule has 0 bridgehead atoms. The van der Waals surface area contributed by atoms with E-state index in [9.17, 15) is 9.59 Å². The van der Waals surface area contributed by atoms with Crippen LogP contribution < -0.4 is 5.32 Å². The van der Waals surface area contributed by atoms with Crippen molar-refractivity contribution < 1.29 is 9.59 Å². The molecule has 5 heteroatoms. The van der Waals surface area contributed by atoms with Crippen molar-refractivity contribution >= 4 is 17.5 Å². The van der Waals surface area contributed by atoms with Crippen LogP contribution in [0.15, 0.2) is 48.5 Å². The first-order valence-electron chi connectivity index (χ1n) is 11.4. The van der Waals surface area contributed by atoms with Gasteiger partial charge in [0.15, 0.2) is 0 Å². The predicted octanol–water partition coefficient (Wildman–Crippen LogP) is 4.47. The third kappa shape index (κ3) is 5.95. The van der Waals surface area contributed by atoms with Gasteiger partial charge < -0.3 is 10.2 Å². The van der Waals surface area contributed by atoms with Gasteiger partial charge in [-0.1, -0.05) is 64.1 Å². The lowest BCUT2D eigenvalue weighted by atomic mass is 9.92. The average molecular weight is 422 g/mol. The third-order valence-corrected chi connectivity index (χ3v) is 5.95. The van der Waals surface area contributed by atoms with Crippen LogP contribution in [0.5, 0.6) is 0 Å². The van der Waals surface area contributed by atoms with Crippen LogP contribution >= 0.6 is 0 Å². The molecule has 1 N–H and O–H groups in total. The highest BCUT2D eigenvalue weighted by atomic mass is 16.2. The molecule has 1 unspecified atom stereocenters. The summed E-state index contributed by atoms with van der Waals surface area (Å²) in [5.74, 6) is 0.177. The summed E-state index contributed by atoms with van der Waals surface area (Å²) in [7, 11) is 0. The fourth-order valence-electron chi connectivity index (χ4n) is 4.16. The summed E-state index contributed by atoms with van der Waals surface area (Å²) in [4.78, 5) is 30.4. The zero-order valence-electron chi connectivity index (χ0n) is 19.2. The van der Waals surface area contributed by atoms with E-state index in [0.717, 1.165) is 36.4 Å². The van der Waals surface area contributed by atoms with Gasteiger partial charge in [0.05, 0.1) is 0 Å². The smallest absolute Gasteiger partial charge is 0.247 e. The fraction of sp³-hybridized carbons (Fsp3) is 0.462. The van der Waals surface area contributed by atoms with Crippen molar-refractivity contribution in [1.29, 1.82) is 0 Å². The molecular formula is C26H35N3O2. The standard InChI is InChI=1S/C26H35N3O2/c1-5-28(6-2)17-20-10-9-13-23(15-20)27-26(31)24-16-21-11-7-8-12-22(21)18-29(24)25(30)14-19(3)4/h7-13,15,19,24H,5-6,14,16-18H2,1-4H3,(H,27,31). The van der Waals surface area contributed by atoms with Gasteiger partial charge in [-0.2, -0.15) is 0 Å². The second-order valence-corrected chi connectivity index (χ2v) is 8.76. The van der Waals surface area contributed by atoms with E-state index in [0.29, 0.717) is 19.4 Å². The molecular weight excluding hydrogens is 386 g/mol. The number of nitrogens with one attached hydrogen (secondary N) is 1. The zero-order chi connectivity index (χ0) is 22.4. The van der Waals surface area contributed by atoms with Crippen molar-refractivity contribution in [2.75, 3.05) is 18.4 Å². The molecule has 1 atom stereocenters. The Morgan fingerprint density at radius 1 is 1.06 bits per heavy atom. The van der Waals surface area contributed by atoms with Crippen LogP contribution in [0.2, 0.25) is 0 Å². The summed E-state index contributed by atoms with van der Waals surface area (Å²) < 4.78 is 0. The molecule has 0 radical (unpaired) electrons. The quantitative estimate of drug-likeness (QED) is 0.684. The van der Waals surface area contributed by atoms with Crippen LogP contribution in [-0.2, 0) is 29.1 Å². The van der Waals surface area contributed by atoms with Crippen molar-refractivity contribution in [3.05, 3.63) is 65.2 Å². The van der Waals surface area contributed by atoms with E-state index < -0.39 is 6.04 Å². The maximum absolute atomic E-state index is 13.3. The molecule has 3 rings (SSSR count). The Morgan fingerprint density at radius 3 is 2.45 bits per heavy atom. The van der Waals surface area contributed by atoms with E-state index >= 15 is 0 Å². The van der Waals surface area contributed by atoms with E-state index in [2.05, 4.69) is 42.3 Å². The van der Waals surface area contributed by atoms with Gasteiger partial charge in [-0.15, -0.1) is 0 Å². The number of hydrogen-bond acceptors (Lipinski definition) is 3. The van der Waals surface area contributed by atoms with E-state index in [4.69, 9.17) is 0 Å². The Kier molecular flexibility index (Phi) is 7.85. The van der Waals surface area contributed by atoms with Gasteiger partial charge in [-0.3, -0.25) is 14.5 Å². The summed E-state index contributed by atoms with van der Waals surface area (Å²) in [5.41, 5.74) is 4.23. The largest absolute Gasteiger partial charge is 0.326 e. The number of anilines is 1. The lowest BCUT2D eigenvalue weighted by molar-refractivity contribution is -0.140.